The Kier molecular flexibility index (Phi) is 11.9. The van der Waals surface area contributed by atoms with E-state index in [1.165, 1.54) is 30.0 Å². The summed E-state index contributed by atoms with van der Waals surface area (Å²) >= 11 is 21.2. The van der Waals surface area contributed by atoms with E-state index in [1.807, 2.05) is 6.07 Å². The predicted molar refractivity (Wildman–Crippen MR) is 222 cm³/mol. The van der Waals surface area contributed by atoms with Gasteiger partial charge in [-0.1, -0.05) is 24.3 Å². The number of anilines is 4. The second kappa shape index (κ2) is 17.0. The first-order valence-electron chi connectivity index (χ1n) is 16.6. The molecule has 8 N–H and O–H groups in total. The van der Waals surface area contributed by atoms with Gasteiger partial charge in [-0.25, -0.2) is 9.59 Å². The first-order chi connectivity index (χ1) is 26.8. The van der Waals surface area contributed by atoms with E-state index < -0.39 is 29.9 Å². The number of rotatable bonds is 15. The maximum atomic E-state index is 13.4. The molecule has 2 aromatic heterocycles. The second-order valence-electron chi connectivity index (χ2n) is 12.2. The summed E-state index contributed by atoms with van der Waals surface area (Å²) in [5.41, 5.74) is 3.33. The number of carboxylic acids is 2. The van der Waals surface area contributed by atoms with Crippen molar-refractivity contribution < 1.29 is 29.3 Å². The van der Waals surface area contributed by atoms with Crippen molar-refractivity contribution in [3.8, 4) is 17.1 Å². The van der Waals surface area contributed by atoms with Gasteiger partial charge in [0.2, 0.25) is 0 Å². The van der Waals surface area contributed by atoms with Crippen molar-refractivity contribution in [1.82, 2.24) is 29.5 Å². The molecule has 0 spiro atoms. The molecule has 2 unspecified atom stereocenters. The zero-order chi connectivity index (χ0) is 40.1. The monoisotopic (exact) mass is 830 g/mol. The summed E-state index contributed by atoms with van der Waals surface area (Å²) in [5, 5.41) is 38.0. The molecule has 0 fully saturated rings. The van der Waals surface area contributed by atoms with Gasteiger partial charge in [-0.15, -0.1) is 0 Å². The van der Waals surface area contributed by atoms with Crippen LogP contribution in [0.15, 0.2) is 97.1 Å². The summed E-state index contributed by atoms with van der Waals surface area (Å²) in [6.45, 7) is 0.0514. The van der Waals surface area contributed by atoms with Gasteiger partial charge in [-0.2, -0.15) is 0 Å². The standard InChI is InChI=1S/C36H34N10O6S4/c1-43(23-10-3-7-20(15-23)30(47)38-22-9-5-12-25(17-22)45-33(53)39-40-34(45)54)28(31(48)49)29(32(50)51)44(2)24-11-4-8-21(16-24)37-19-52-27-14-6-13-26(18-27)46-35(55)41-42-36(46)56/h3-18,28-29,37H,19H2,1-2H3,(H,38,47)(H,39,53)(H,40,54)(H,41,55)(H,42,56)(H,48,49)(H,50,51). The summed E-state index contributed by atoms with van der Waals surface area (Å²) in [6.07, 6.45) is 0. The summed E-state index contributed by atoms with van der Waals surface area (Å²) in [5.74, 6) is -2.69. The Balaban J connectivity index is 1.16. The Hall–Kier alpha value is -6.35. The van der Waals surface area contributed by atoms with Gasteiger partial charge >= 0.3 is 11.9 Å². The van der Waals surface area contributed by atoms with E-state index in [9.17, 15) is 24.6 Å². The van der Waals surface area contributed by atoms with Crippen LogP contribution in [0.2, 0.25) is 0 Å². The van der Waals surface area contributed by atoms with Crippen LogP contribution in [0, 0.1) is 19.1 Å². The summed E-state index contributed by atoms with van der Waals surface area (Å²) in [7, 11) is 2.97. The highest BCUT2D eigenvalue weighted by molar-refractivity contribution is 7.72. The fourth-order valence-corrected chi connectivity index (χ4v) is 7.09. The number of likely N-dealkylation sites (N-methyl/N-ethyl adjacent to an activating group) is 2. The molecular weight excluding hydrogens is 797 g/mol. The predicted octanol–water partition coefficient (Wildman–Crippen LogP) is 6.68. The lowest BCUT2D eigenvalue weighted by Crippen LogP contribution is -2.57. The van der Waals surface area contributed by atoms with E-state index in [2.05, 4.69) is 31.0 Å². The quantitative estimate of drug-likeness (QED) is 0.0403. The molecule has 0 saturated heterocycles. The van der Waals surface area contributed by atoms with Gasteiger partial charge in [0, 0.05) is 48.5 Å². The number of carbonyl (C=O) groups excluding carboxylic acids is 1. The van der Waals surface area contributed by atoms with E-state index in [-0.39, 0.29) is 12.3 Å². The maximum absolute atomic E-state index is 13.4. The van der Waals surface area contributed by atoms with Gasteiger partial charge in [-0.3, -0.25) is 34.3 Å². The number of aromatic nitrogens is 6. The largest absolute Gasteiger partial charge is 0.480 e. The molecule has 4 aromatic carbocycles. The number of hydrogen-bond donors (Lipinski definition) is 8. The Morgan fingerprint density at radius 1 is 0.661 bits per heavy atom. The maximum Gasteiger partial charge on any atom is 0.329 e. The van der Waals surface area contributed by atoms with E-state index in [0.29, 0.717) is 59.0 Å². The van der Waals surface area contributed by atoms with Crippen LogP contribution in [0.1, 0.15) is 10.4 Å². The van der Waals surface area contributed by atoms with Gasteiger partial charge in [0.05, 0.1) is 11.4 Å². The zero-order valence-electron chi connectivity index (χ0n) is 29.5. The van der Waals surface area contributed by atoms with Crippen molar-refractivity contribution in [2.45, 2.75) is 12.1 Å². The third-order valence-electron chi connectivity index (χ3n) is 8.73. The molecule has 0 aliphatic rings. The molecule has 56 heavy (non-hydrogen) atoms. The lowest BCUT2D eigenvalue weighted by atomic mass is 10.0. The number of amides is 1. The van der Waals surface area contributed by atoms with Gasteiger partial charge in [-0.05, 0) is 116 Å². The number of nitrogens with zero attached hydrogens (tertiary/aromatic N) is 4. The first-order valence-corrected chi connectivity index (χ1v) is 18.3. The van der Waals surface area contributed by atoms with Crippen LogP contribution >= 0.6 is 48.9 Å². The molecule has 288 valence electrons. The number of H-pyrrole nitrogens is 4. The van der Waals surface area contributed by atoms with Crippen LogP contribution < -0.4 is 25.2 Å². The molecule has 16 nitrogen and oxygen atoms in total. The smallest absolute Gasteiger partial charge is 0.329 e. The van der Waals surface area contributed by atoms with Crippen LogP contribution in [-0.4, -0.2) is 90.5 Å². The van der Waals surface area contributed by atoms with Crippen molar-refractivity contribution >= 4 is 89.5 Å². The van der Waals surface area contributed by atoms with Crippen LogP contribution in [0.4, 0.5) is 22.7 Å². The van der Waals surface area contributed by atoms with E-state index in [1.54, 1.807) is 94.1 Å². The average molecular weight is 831 g/mol. The summed E-state index contributed by atoms with van der Waals surface area (Å²) in [4.78, 5) is 41.8. The van der Waals surface area contributed by atoms with Crippen molar-refractivity contribution in [3.63, 3.8) is 0 Å². The van der Waals surface area contributed by atoms with E-state index in [4.69, 9.17) is 53.6 Å². The molecule has 0 radical (unpaired) electrons. The Labute approximate surface area is 339 Å². The highest BCUT2D eigenvalue weighted by atomic mass is 32.1. The van der Waals surface area contributed by atoms with E-state index >= 15 is 0 Å². The normalized spacial score (nSPS) is 12.0. The zero-order valence-corrected chi connectivity index (χ0v) is 32.8. The minimum atomic E-state index is -1.59. The third-order valence-corrected chi connectivity index (χ3v) is 9.87. The molecule has 2 atom stereocenters. The first kappa shape index (κ1) is 39.3. The number of carboxylic acid groups (broad SMARTS) is 2. The summed E-state index contributed by atoms with van der Waals surface area (Å²) < 4.78 is 10.7. The van der Waals surface area contributed by atoms with Crippen LogP contribution in [-0.2, 0) is 9.59 Å². The highest BCUT2D eigenvalue weighted by Gasteiger charge is 2.40. The van der Waals surface area contributed by atoms with Crippen molar-refractivity contribution in [3.05, 3.63) is 122 Å². The number of ether oxygens (including phenoxy) is 1. The van der Waals surface area contributed by atoms with Crippen molar-refractivity contribution in [1.29, 1.82) is 0 Å². The van der Waals surface area contributed by atoms with Gasteiger partial charge in [0.25, 0.3) is 5.91 Å². The number of hydrogen-bond acceptors (Lipinski definition) is 11. The number of benzene rings is 4. The Bertz CT molecular complexity index is 2610. The fraction of sp³-hybridized carbons (Fsp3) is 0.139. The SMILES string of the molecule is CN(c1cccc(NCOc2cccc(-n3c(=S)[nH][nH]c3=S)c2)c1)C(C(=O)O)C(C(=O)O)N(C)c1cccc(C(=O)Nc2cccc(-n3c(=S)[nH][nH]c3=S)c2)c1. The van der Waals surface area contributed by atoms with E-state index in [0.717, 1.165) is 0 Å². The van der Waals surface area contributed by atoms with Gasteiger partial charge < -0.3 is 35.4 Å². The van der Waals surface area contributed by atoms with Crippen LogP contribution in [0.3, 0.4) is 0 Å². The number of nitrogens with one attached hydrogen (secondary N) is 6. The molecule has 0 aliphatic carbocycles. The van der Waals surface area contributed by atoms with Gasteiger partial charge in [0.1, 0.15) is 5.75 Å². The molecule has 0 aliphatic heterocycles. The van der Waals surface area contributed by atoms with Crippen molar-refractivity contribution in [2.24, 2.45) is 0 Å². The Morgan fingerprint density at radius 3 is 1.71 bits per heavy atom. The molecule has 0 saturated carbocycles. The summed E-state index contributed by atoms with van der Waals surface area (Å²) in [6, 6.07) is 24.0. The Morgan fingerprint density at radius 2 is 1.14 bits per heavy atom. The minimum Gasteiger partial charge on any atom is -0.480 e. The topological polar surface area (TPSA) is 204 Å². The van der Waals surface area contributed by atoms with Gasteiger partial charge in [0.15, 0.2) is 37.9 Å². The number of carbonyl (C=O) groups is 3. The molecule has 6 aromatic rings. The molecule has 20 heteroatoms. The molecule has 2 heterocycles. The van der Waals surface area contributed by atoms with Crippen LogP contribution in [0.5, 0.6) is 5.75 Å². The highest BCUT2D eigenvalue weighted by Crippen LogP contribution is 2.27. The number of aliphatic carboxylic acids is 2. The van der Waals surface area contributed by atoms with Crippen LogP contribution in [0.25, 0.3) is 11.4 Å². The average Bonchev–Trinajstić information content (AvgIpc) is 3.71. The molecule has 6 rings (SSSR count). The van der Waals surface area contributed by atoms with Crippen molar-refractivity contribution in [2.75, 3.05) is 41.3 Å². The lowest BCUT2D eigenvalue weighted by Gasteiger charge is -2.36. The second-order valence-corrected chi connectivity index (χ2v) is 13.8. The fourth-order valence-electron chi connectivity index (χ4n) is 5.98. The molecule has 0 bridgehead atoms. The number of aromatic amines is 4. The molecular formula is C36H34N10O6S4. The molecule has 1 amide bonds. The lowest BCUT2D eigenvalue weighted by molar-refractivity contribution is -0.146. The minimum absolute atomic E-state index is 0.0514. The third kappa shape index (κ3) is 8.62.